The summed E-state index contributed by atoms with van der Waals surface area (Å²) in [5, 5.41) is 10.2. The van der Waals surface area contributed by atoms with Crippen LogP contribution in [0, 0.1) is 17.8 Å². The number of ether oxygens (including phenoxy) is 1. The van der Waals surface area contributed by atoms with Gasteiger partial charge < -0.3 is 9.84 Å². The highest BCUT2D eigenvalue weighted by Crippen LogP contribution is 2.50. The number of fused-ring (bicyclic) bond motifs is 3. The molecule has 1 aromatic carbocycles. The molecule has 4 heteroatoms. The second kappa shape index (κ2) is 7.19. The average Bonchev–Trinajstić information content (AvgIpc) is 2.60. The van der Waals surface area contributed by atoms with Crippen molar-refractivity contribution in [3.63, 3.8) is 0 Å². The first kappa shape index (κ1) is 16.6. The Bertz CT molecular complexity index is 737. The van der Waals surface area contributed by atoms with Crippen molar-refractivity contribution in [2.45, 2.75) is 57.8 Å². The molecular formula is C21H28N2O2. The van der Waals surface area contributed by atoms with E-state index in [0.29, 0.717) is 5.52 Å². The highest BCUT2D eigenvalue weighted by molar-refractivity contribution is 5.76. The lowest BCUT2D eigenvalue weighted by molar-refractivity contribution is 0.0439. The van der Waals surface area contributed by atoms with Gasteiger partial charge in [0.1, 0.15) is 11.4 Å². The lowest BCUT2D eigenvalue weighted by Crippen LogP contribution is -2.36. The van der Waals surface area contributed by atoms with E-state index in [0.717, 1.165) is 47.6 Å². The van der Waals surface area contributed by atoms with Gasteiger partial charge in [0, 0.05) is 6.07 Å². The molecule has 0 radical (unpaired) electrons. The van der Waals surface area contributed by atoms with Gasteiger partial charge in [-0.25, -0.2) is 9.97 Å². The predicted octanol–water partition coefficient (Wildman–Crippen LogP) is 4.88. The minimum atomic E-state index is 0.0635. The minimum absolute atomic E-state index is 0.0635. The topological polar surface area (TPSA) is 55.2 Å². The van der Waals surface area contributed by atoms with E-state index in [9.17, 15) is 5.11 Å². The third-order valence-corrected chi connectivity index (χ3v) is 6.30. The van der Waals surface area contributed by atoms with Crippen LogP contribution in [0.2, 0.25) is 0 Å². The first-order valence-corrected chi connectivity index (χ1v) is 9.76. The molecule has 4 nitrogen and oxygen atoms in total. The number of unbranched alkanes of at least 4 members (excludes halogenated alkanes) is 2. The van der Waals surface area contributed by atoms with Crippen molar-refractivity contribution in [3.05, 3.63) is 23.9 Å². The molecule has 5 rings (SSSR count). The fourth-order valence-corrected chi connectivity index (χ4v) is 4.71. The van der Waals surface area contributed by atoms with Crippen molar-refractivity contribution >= 4 is 11.0 Å². The van der Waals surface area contributed by atoms with Crippen LogP contribution in [0.5, 0.6) is 11.6 Å². The molecule has 3 saturated carbocycles. The summed E-state index contributed by atoms with van der Waals surface area (Å²) in [4.78, 5) is 8.87. The quantitative estimate of drug-likeness (QED) is 0.730. The molecule has 1 aromatic heterocycles. The Morgan fingerprint density at radius 2 is 1.96 bits per heavy atom. The lowest BCUT2D eigenvalue weighted by Gasteiger charge is -2.47. The summed E-state index contributed by atoms with van der Waals surface area (Å²) in [6.45, 7) is 0. The van der Waals surface area contributed by atoms with Gasteiger partial charge in [0.25, 0.3) is 0 Å². The van der Waals surface area contributed by atoms with Gasteiger partial charge in [-0.3, -0.25) is 0 Å². The number of aromatic hydroxyl groups is 1. The normalized spacial score (nSPS) is 24.9. The number of benzene rings is 1. The smallest absolute Gasteiger partial charge is 0.233 e. The minimum Gasteiger partial charge on any atom is -0.497 e. The molecule has 0 unspecified atom stereocenters. The fourth-order valence-electron chi connectivity index (χ4n) is 4.71. The third-order valence-electron chi connectivity index (χ3n) is 6.30. The van der Waals surface area contributed by atoms with Gasteiger partial charge in [-0.15, -0.1) is 0 Å². The molecular weight excluding hydrogens is 312 g/mol. The van der Waals surface area contributed by atoms with Crippen LogP contribution in [-0.4, -0.2) is 22.2 Å². The predicted molar refractivity (Wildman–Crippen MR) is 98.9 cm³/mol. The van der Waals surface area contributed by atoms with E-state index in [1.807, 2.05) is 12.1 Å². The van der Waals surface area contributed by atoms with Gasteiger partial charge in [-0.2, -0.15) is 0 Å². The SMILES string of the molecule is COc1ccc2nc(CCCCC[C@H]3CCC4CC3C4)c(O)nc2c1. The molecule has 1 heterocycles. The number of nitrogens with zero attached hydrogens (tertiary/aromatic N) is 2. The van der Waals surface area contributed by atoms with Gasteiger partial charge in [0.2, 0.25) is 5.88 Å². The summed E-state index contributed by atoms with van der Waals surface area (Å²) in [6.07, 6.45) is 11.8. The molecule has 3 fully saturated rings. The molecule has 2 aromatic rings. The average molecular weight is 340 g/mol. The van der Waals surface area contributed by atoms with Crippen molar-refractivity contribution < 1.29 is 9.84 Å². The molecule has 3 aliphatic rings. The number of rotatable bonds is 7. The van der Waals surface area contributed by atoms with Crippen molar-refractivity contribution in [2.24, 2.45) is 17.8 Å². The van der Waals surface area contributed by atoms with Crippen molar-refractivity contribution in [2.75, 3.05) is 7.11 Å². The maximum absolute atomic E-state index is 10.2. The zero-order valence-corrected chi connectivity index (χ0v) is 15.1. The van der Waals surface area contributed by atoms with Crippen LogP contribution < -0.4 is 4.74 Å². The van der Waals surface area contributed by atoms with Crippen molar-refractivity contribution in [1.82, 2.24) is 9.97 Å². The van der Waals surface area contributed by atoms with Crippen LogP contribution >= 0.6 is 0 Å². The highest BCUT2D eigenvalue weighted by Gasteiger charge is 2.39. The monoisotopic (exact) mass is 340 g/mol. The van der Waals surface area contributed by atoms with Gasteiger partial charge in [0.15, 0.2) is 0 Å². The second-order valence-corrected chi connectivity index (χ2v) is 7.88. The summed E-state index contributed by atoms with van der Waals surface area (Å²) in [5.74, 6) is 3.92. The second-order valence-electron chi connectivity index (χ2n) is 7.88. The van der Waals surface area contributed by atoms with Crippen LogP contribution in [0.3, 0.4) is 0 Å². The lowest BCUT2D eigenvalue weighted by atomic mass is 9.59. The summed E-state index contributed by atoms with van der Waals surface area (Å²) in [5.41, 5.74) is 2.21. The number of methoxy groups -OCH3 is 1. The van der Waals surface area contributed by atoms with E-state index < -0.39 is 0 Å². The molecule has 0 spiro atoms. The number of aromatic nitrogens is 2. The zero-order valence-electron chi connectivity index (χ0n) is 15.1. The van der Waals surface area contributed by atoms with Gasteiger partial charge in [-0.05, 0) is 62.0 Å². The van der Waals surface area contributed by atoms with Crippen LogP contribution in [0.15, 0.2) is 18.2 Å². The van der Waals surface area contributed by atoms with E-state index in [2.05, 4.69) is 9.97 Å². The number of hydrogen-bond donors (Lipinski definition) is 1. The highest BCUT2D eigenvalue weighted by atomic mass is 16.5. The largest absolute Gasteiger partial charge is 0.497 e. The molecule has 3 aliphatic carbocycles. The van der Waals surface area contributed by atoms with Crippen LogP contribution in [0.25, 0.3) is 11.0 Å². The Hall–Kier alpha value is -1.84. The molecule has 134 valence electrons. The Labute approximate surface area is 149 Å². The van der Waals surface area contributed by atoms with E-state index >= 15 is 0 Å². The zero-order chi connectivity index (χ0) is 17.2. The molecule has 0 aliphatic heterocycles. The molecule has 0 amide bonds. The maximum atomic E-state index is 10.2. The van der Waals surface area contributed by atoms with Crippen LogP contribution in [0.4, 0.5) is 0 Å². The molecule has 1 atom stereocenters. The van der Waals surface area contributed by atoms with Gasteiger partial charge in [-0.1, -0.05) is 25.7 Å². The summed E-state index contributed by atoms with van der Waals surface area (Å²) in [6, 6.07) is 5.59. The first-order chi connectivity index (χ1) is 12.2. The first-order valence-electron chi connectivity index (χ1n) is 9.76. The Balaban J connectivity index is 1.28. The molecule has 25 heavy (non-hydrogen) atoms. The number of hydrogen-bond acceptors (Lipinski definition) is 4. The fraction of sp³-hybridized carbons (Fsp3) is 0.619. The summed E-state index contributed by atoms with van der Waals surface area (Å²) in [7, 11) is 1.62. The van der Waals surface area contributed by atoms with Gasteiger partial charge >= 0.3 is 0 Å². The molecule has 2 bridgehead atoms. The van der Waals surface area contributed by atoms with Crippen LogP contribution in [-0.2, 0) is 6.42 Å². The summed E-state index contributed by atoms with van der Waals surface area (Å²) >= 11 is 0. The van der Waals surface area contributed by atoms with E-state index in [4.69, 9.17) is 4.74 Å². The third kappa shape index (κ3) is 3.58. The molecule has 1 N–H and O–H groups in total. The standard InChI is InChI=1S/C21H28N2O2/c1-25-17-9-10-18-20(13-17)23-21(24)19(22-18)6-4-2-3-5-15-8-7-14-11-16(15)12-14/h9-10,13-16H,2-8,11-12H2,1H3,(H,23,24)/t14?,15-,16?/m0/s1. The van der Waals surface area contributed by atoms with E-state index in [1.165, 1.54) is 44.9 Å². The van der Waals surface area contributed by atoms with Gasteiger partial charge in [0.05, 0.1) is 18.1 Å². The number of aryl methyl sites for hydroxylation is 1. The van der Waals surface area contributed by atoms with Crippen molar-refractivity contribution in [1.29, 1.82) is 0 Å². The maximum Gasteiger partial charge on any atom is 0.233 e. The van der Waals surface area contributed by atoms with E-state index in [1.54, 1.807) is 13.2 Å². The van der Waals surface area contributed by atoms with E-state index in [-0.39, 0.29) is 5.88 Å². The Morgan fingerprint density at radius 3 is 2.72 bits per heavy atom. The Kier molecular flexibility index (Phi) is 4.78. The molecule has 0 saturated heterocycles. The Morgan fingerprint density at radius 1 is 1.08 bits per heavy atom. The summed E-state index contributed by atoms with van der Waals surface area (Å²) < 4.78 is 5.20. The van der Waals surface area contributed by atoms with Crippen molar-refractivity contribution in [3.8, 4) is 11.6 Å². The van der Waals surface area contributed by atoms with Crippen LogP contribution in [0.1, 0.15) is 57.1 Å².